The molecule has 0 bridgehead atoms. The number of nitrogens with zero attached hydrogens (tertiary/aromatic N) is 5. The Hall–Kier alpha value is -3.11. The SMILES string of the molecule is Cc1ncoc1COc1ccc2c(c1C)CCN(C[C@@H](O)CNC(=O)C1CC(NC3COC3)N(C3CCCCCCCCCC3)C(N3CCN(C(=O)C(C)C)CC3)N1)C2. The van der Waals surface area contributed by atoms with Gasteiger partial charge in [0.1, 0.15) is 18.6 Å². The minimum Gasteiger partial charge on any atom is -0.485 e. The summed E-state index contributed by atoms with van der Waals surface area (Å²) in [6.07, 6.45) is 14.6. The van der Waals surface area contributed by atoms with E-state index in [-0.39, 0.29) is 42.8 Å². The van der Waals surface area contributed by atoms with Crippen LogP contribution >= 0.6 is 0 Å². The van der Waals surface area contributed by atoms with Gasteiger partial charge in [-0.3, -0.25) is 34.9 Å². The zero-order chi connectivity index (χ0) is 41.3. The number of amides is 2. The topological polar surface area (TPSA) is 148 Å². The van der Waals surface area contributed by atoms with Crippen molar-refractivity contribution in [2.45, 2.75) is 155 Å². The van der Waals surface area contributed by atoms with E-state index in [0.29, 0.717) is 51.9 Å². The largest absolute Gasteiger partial charge is 0.485 e. The number of oxazole rings is 1. The van der Waals surface area contributed by atoms with E-state index in [0.717, 1.165) is 68.2 Å². The molecule has 7 rings (SSSR count). The van der Waals surface area contributed by atoms with Crippen molar-refractivity contribution in [2.75, 3.05) is 59.0 Å². The van der Waals surface area contributed by atoms with Crippen LogP contribution in [0.5, 0.6) is 5.75 Å². The summed E-state index contributed by atoms with van der Waals surface area (Å²) in [4.78, 5) is 40.7. The predicted molar refractivity (Wildman–Crippen MR) is 226 cm³/mol. The normalized spacial score (nSPS) is 25.5. The summed E-state index contributed by atoms with van der Waals surface area (Å²) in [5.74, 6) is 1.69. The molecule has 3 saturated heterocycles. The standard InChI is InChI=1S/C45H72N8O6/c1-31(2)44(56)51-19-21-52(22-20-51)45-49-39(23-42(48-35-27-57-28-35)53(45)36-13-11-9-7-5-6-8-10-12-14-36)43(55)46-24-37(54)26-50-18-17-38-32(3)40(16-15-34(38)25-50)58-29-41-33(4)47-30-59-41/h15-16,30-31,35-37,39,42,45,48-49,54H,5-14,17-29H2,1-4H3,(H,46,55)/t37-,39?,42?,45?/m0/s1. The maximum atomic E-state index is 14.2. The first-order valence-corrected chi connectivity index (χ1v) is 22.9. The number of benzene rings is 1. The number of aromatic nitrogens is 1. The fourth-order valence-electron chi connectivity index (χ4n) is 9.86. The second-order valence-electron chi connectivity index (χ2n) is 18.1. The van der Waals surface area contributed by atoms with Gasteiger partial charge in [-0.2, -0.15) is 0 Å². The fourth-order valence-corrected chi connectivity index (χ4v) is 9.86. The molecule has 5 aliphatic rings. The lowest BCUT2D eigenvalue weighted by Crippen LogP contribution is -2.75. The summed E-state index contributed by atoms with van der Waals surface area (Å²) in [6, 6.07) is 4.36. The third kappa shape index (κ3) is 11.4. The van der Waals surface area contributed by atoms with E-state index in [9.17, 15) is 14.7 Å². The number of rotatable bonds is 13. The summed E-state index contributed by atoms with van der Waals surface area (Å²) in [6.45, 7) is 14.8. The number of carbonyl (C=O) groups excluding carboxylic acids is 2. The molecule has 3 unspecified atom stereocenters. The van der Waals surface area contributed by atoms with Crippen LogP contribution in [0.15, 0.2) is 22.9 Å². The van der Waals surface area contributed by atoms with E-state index >= 15 is 0 Å². The lowest BCUT2D eigenvalue weighted by Gasteiger charge is -2.55. The molecule has 1 saturated carbocycles. The predicted octanol–water partition coefficient (Wildman–Crippen LogP) is 4.05. The maximum Gasteiger partial charge on any atom is 0.237 e. The molecule has 4 atom stereocenters. The molecule has 14 nitrogen and oxygen atoms in total. The molecule has 2 aromatic rings. The third-order valence-electron chi connectivity index (χ3n) is 13.4. The quantitative estimate of drug-likeness (QED) is 0.231. The van der Waals surface area contributed by atoms with E-state index in [1.807, 2.05) is 31.7 Å². The first-order chi connectivity index (χ1) is 28.6. The van der Waals surface area contributed by atoms with Gasteiger partial charge in [-0.1, -0.05) is 71.3 Å². The summed E-state index contributed by atoms with van der Waals surface area (Å²) in [7, 11) is 0. The molecular weight excluding hydrogens is 749 g/mol. The number of fused-ring (bicyclic) bond motifs is 1. The van der Waals surface area contributed by atoms with Gasteiger partial charge < -0.3 is 29.2 Å². The summed E-state index contributed by atoms with van der Waals surface area (Å²) >= 11 is 0. The number of piperazine rings is 1. The van der Waals surface area contributed by atoms with E-state index < -0.39 is 12.1 Å². The minimum absolute atomic E-state index is 0.00432. The van der Waals surface area contributed by atoms with Crippen molar-refractivity contribution in [1.29, 1.82) is 0 Å². The summed E-state index contributed by atoms with van der Waals surface area (Å²) in [5, 5.41) is 22.2. The highest BCUT2D eigenvalue weighted by Gasteiger charge is 2.45. The van der Waals surface area contributed by atoms with Gasteiger partial charge in [-0.15, -0.1) is 0 Å². The molecule has 328 valence electrons. The summed E-state index contributed by atoms with van der Waals surface area (Å²) in [5.41, 5.74) is 4.52. The molecule has 14 heteroatoms. The number of ether oxygens (including phenoxy) is 2. The molecule has 0 radical (unpaired) electrons. The van der Waals surface area contributed by atoms with Gasteiger partial charge in [0, 0.05) is 70.7 Å². The van der Waals surface area contributed by atoms with Crippen LogP contribution in [0.3, 0.4) is 0 Å². The van der Waals surface area contributed by atoms with Crippen molar-refractivity contribution in [1.82, 2.24) is 40.5 Å². The van der Waals surface area contributed by atoms with Crippen LogP contribution in [-0.2, 0) is 33.9 Å². The number of aliphatic hydroxyl groups is 1. The van der Waals surface area contributed by atoms with E-state index in [2.05, 4.69) is 48.6 Å². The van der Waals surface area contributed by atoms with Crippen LogP contribution in [0.1, 0.15) is 113 Å². The third-order valence-corrected chi connectivity index (χ3v) is 13.4. The highest BCUT2D eigenvalue weighted by Crippen LogP contribution is 2.32. The second kappa shape index (κ2) is 21.1. The maximum absolute atomic E-state index is 14.2. The Kier molecular flexibility index (Phi) is 15.7. The Morgan fingerprint density at radius 1 is 0.983 bits per heavy atom. The molecule has 0 spiro atoms. The second-order valence-corrected chi connectivity index (χ2v) is 18.1. The Balaban J connectivity index is 0.991. The van der Waals surface area contributed by atoms with Gasteiger partial charge in [0.15, 0.2) is 12.2 Å². The van der Waals surface area contributed by atoms with Gasteiger partial charge in [-0.25, -0.2) is 4.98 Å². The van der Waals surface area contributed by atoms with Gasteiger partial charge in [0.05, 0.1) is 43.3 Å². The molecule has 4 N–H and O–H groups in total. The molecule has 1 aliphatic carbocycles. The summed E-state index contributed by atoms with van der Waals surface area (Å²) < 4.78 is 17.2. The smallest absolute Gasteiger partial charge is 0.237 e. The van der Waals surface area contributed by atoms with Crippen molar-refractivity contribution in [2.24, 2.45) is 5.92 Å². The Labute approximate surface area is 352 Å². The van der Waals surface area contributed by atoms with E-state index in [1.165, 1.54) is 68.9 Å². The van der Waals surface area contributed by atoms with Crippen molar-refractivity contribution >= 4 is 11.8 Å². The van der Waals surface area contributed by atoms with Crippen LogP contribution in [0.4, 0.5) is 0 Å². The zero-order valence-electron chi connectivity index (χ0n) is 36.3. The van der Waals surface area contributed by atoms with Crippen LogP contribution in [-0.4, -0.2) is 137 Å². The van der Waals surface area contributed by atoms with Crippen molar-refractivity contribution in [3.05, 3.63) is 46.7 Å². The zero-order valence-corrected chi connectivity index (χ0v) is 36.3. The monoisotopic (exact) mass is 821 g/mol. The number of hydrogen-bond donors (Lipinski definition) is 4. The highest BCUT2D eigenvalue weighted by molar-refractivity contribution is 5.82. The average Bonchev–Trinajstić information content (AvgIpc) is 3.61. The molecule has 1 aromatic carbocycles. The molecule has 4 aliphatic heterocycles. The average molecular weight is 821 g/mol. The molecular formula is C45H72N8O6. The number of carbonyl (C=O) groups is 2. The van der Waals surface area contributed by atoms with Gasteiger partial charge in [0.2, 0.25) is 11.8 Å². The molecule has 1 aromatic heterocycles. The van der Waals surface area contributed by atoms with E-state index in [4.69, 9.17) is 13.9 Å². The number of β-amino-alcohol motifs (C(OH)–C–C–N with tert-alkyl or cyclic N) is 1. The van der Waals surface area contributed by atoms with Gasteiger partial charge in [0.25, 0.3) is 0 Å². The van der Waals surface area contributed by atoms with Crippen molar-refractivity contribution in [3.8, 4) is 5.75 Å². The van der Waals surface area contributed by atoms with E-state index in [1.54, 1.807) is 0 Å². The molecule has 4 fully saturated rings. The Morgan fingerprint density at radius 3 is 2.34 bits per heavy atom. The van der Waals surface area contributed by atoms with Crippen LogP contribution in [0.25, 0.3) is 0 Å². The first kappa shape index (κ1) is 44.0. The lowest BCUT2D eigenvalue weighted by atomic mass is 9.94. The fraction of sp³-hybridized carbons (Fsp3) is 0.756. The van der Waals surface area contributed by atoms with Crippen LogP contribution in [0, 0.1) is 19.8 Å². The highest BCUT2D eigenvalue weighted by atomic mass is 16.5. The van der Waals surface area contributed by atoms with Crippen LogP contribution in [0.2, 0.25) is 0 Å². The Morgan fingerprint density at radius 2 is 1.69 bits per heavy atom. The first-order valence-electron chi connectivity index (χ1n) is 22.9. The molecule has 59 heavy (non-hydrogen) atoms. The number of aliphatic hydroxyl groups excluding tert-OH is 1. The molecule has 5 heterocycles. The number of nitrogens with one attached hydrogen (secondary N) is 3. The number of hydrogen-bond acceptors (Lipinski definition) is 12. The molecule has 2 amide bonds. The van der Waals surface area contributed by atoms with Gasteiger partial charge in [-0.05, 0) is 55.9 Å². The Bertz CT molecular complexity index is 1650. The van der Waals surface area contributed by atoms with Crippen molar-refractivity contribution < 1.29 is 28.6 Å². The van der Waals surface area contributed by atoms with Gasteiger partial charge >= 0.3 is 0 Å². The van der Waals surface area contributed by atoms with Crippen LogP contribution < -0.4 is 20.7 Å². The van der Waals surface area contributed by atoms with Crippen molar-refractivity contribution in [3.63, 3.8) is 0 Å². The lowest BCUT2D eigenvalue weighted by molar-refractivity contribution is -0.145. The minimum atomic E-state index is -0.704. The number of aryl methyl sites for hydroxylation is 1.